The van der Waals surface area contributed by atoms with Gasteiger partial charge in [-0.15, -0.1) is 0 Å². The number of aryl methyl sites for hydroxylation is 2. The van der Waals surface area contributed by atoms with Crippen molar-refractivity contribution < 1.29 is 9.53 Å². The van der Waals surface area contributed by atoms with E-state index in [1.165, 1.54) is 28.4 Å². The van der Waals surface area contributed by atoms with Gasteiger partial charge in [-0.05, 0) is 18.6 Å². The molecule has 3 heterocycles. The summed E-state index contributed by atoms with van der Waals surface area (Å²) in [6, 6.07) is 3.83. The molecule has 1 aromatic carbocycles. The third-order valence-corrected chi connectivity index (χ3v) is 5.14. The molecular weight excluding hydrogens is 368 g/mol. The summed E-state index contributed by atoms with van der Waals surface area (Å²) in [5.74, 6) is 0.500. The van der Waals surface area contributed by atoms with Gasteiger partial charge in [-0.3, -0.25) is 14.2 Å². The van der Waals surface area contributed by atoms with Crippen LogP contribution < -0.4 is 15.6 Å². The Morgan fingerprint density at radius 1 is 1.30 bits per heavy atom. The van der Waals surface area contributed by atoms with E-state index in [4.69, 9.17) is 4.74 Å². The highest BCUT2D eigenvalue weighted by Gasteiger charge is 2.13. The Morgan fingerprint density at radius 3 is 2.89 bits per heavy atom. The highest BCUT2D eigenvalue weighted by Crippen LogP contribution is 2.31. The molecule has 0 bridgehead atoms. The maximum atomic E-state index is 12.4. The maximum Gasteiger partial charge on any atom is 0.270 e. The van der Waals surface area contributed by atoms with Crippen LogP contribution in [0.15, 0.2) is 29.5 Å². The van der Waals surface area contributed by atoms with Gasteiger partial charge in [0.15, 0.2) is 16.4 Å². The highest BCUT2D eigenvalue weighted by molar-refractivity contribution is 7.22. The molecule has 0 aliphatic heterocycles. The molecule has 0 saturated heterocycles. The Balaban J connectivity index is 1.57. The van der Waals surface area contributed by atoms with Crippen molar-refractivity contribution in [1.82, 2.24) is 24.1 Å². The first-order valence-electron chi connectivity index (χ1n) is 8.08. The SMILES string of the molecule is COc1cc2nc(NC(=O)Cn3cnc4c3ncc(=O)n4C)sc2cc1C. The van der Waals surface area contributed by atoms with E-state index < -0.39 is 0 Å². The van der Waals surface area contributed by atoms with E-state index in [0.717, 1.165) is 21.5 Å². The number of methoxy groups -OCH3 is 1. The van der Waals surface area contributed by atoms with Crippen LogP contribution in [-0.2, 0) is 18.4 Å². The van der Waals surface area contributed by atoms with Gasteiger partial charge in [-0.2, -0.15) is 0 Å². The molecule has 0 radical (unpaired) electrons. The van der Waals surface area contributed by atoms with Gasteiger partial charge in [0.2, 0.25) is 5.91 Å². The molecule has 0 unspecified atom stereocenters. The number of ether oxygens (including phenoxy) is 1. The van der Waals surface area contributed by atoms with Crippen LogP contribution in [0.5, 0.6) is 5.75 Å². The molecule has 3 aromatic heterocycles. The minimum absolute atomic E-state index is 0.0139. The second kappa shape index (κ2) is 6.47. The fraction of sp³-hybridized carbons (Fsp3) is 0.235. The van der Waals surface area contributed by atoms with Crippen molar-refractivity contribution in [2.24, 2.45) is 7.05 Å². The Kier molecular flexibility index (Phi) is 4.11. The van der Waals surface area contributed by atoms with Crippen LogP contribution in [0, 0.1) is 6.92 Å². The Morgan fingerprint density at radius 2 is 2.11 bits per heavy atom. The highest BCUT2D eigenvalue weighted by atomic mass is 32.1. The van der Waals surface area contributed by atoms with Crippen molar-refractivity contribution in [2.75, 3.05) is 12.4 Å². The number of anilines is 1. The first kappa shape index (κ1) is 17.2. The van der Waals surface area contributed by atoms with Crippen LogP contribution in [0.4, 0.5) is 5.13 Å². The molecule has 10 heteroatoms. The molecule has 0 aliphatic rings. The van der Waals surface area contributed by atoms with E-state index in [1.807, 2.05) is 19.1 Å². The number of benzene rings is 1. The van der Waals surface area contributed by atoms with E-state index in [9.17, 15) is 9.59 Å². The average molecular weight is 384 g/mol. The molecule has 1 amide bonds. The quantitative estimate of drug-likeness (QED) is 0.574. The smallest absolute Gasteiger partial charge is 0.270 e. The lowest BCUT2D eigenvalue weighted by atomic mass is 10.2. The number of imidazole rings is 1. The van der Waals surface area contributed by atoms with Crippen molar-refractivity contribution >= 4 is 43.9 Å². The molecule has 0 saturated carbocycles. The van der Waals surface area contributed by atoms with E-state index >= 15 is 0 Å². The second-order valence-corrected chi connectivity index (χ2v) is 7.06. The average Bonchev–Trinajstić information content (AvgIpc) is 3.20. The molecule has 4 aromatic rings. The summed E-state index contributed by atoms with van der Waals surface area (Å²) in [4.78, 5) is 36.7. The number of aromatic nitrogens is 5. The zero-order chi connectivity index (χ0) is 19.1. The van der Waals surface area contributed by atoms with E-state index in [-0.39, 0.29) is 18.0 Å². The van der Waals surface area contributed by atoms with Crippen molar-refractivity contribution in [2.45, 2.75) is 13.5 Å². The molecule has 0 atom stereocenters. The van der Waals surface area contributed by atoms with Crippen LogP contribution in [0.2, 0.25) is 0 Å². The van der Waals surface area contributed by atoms with Gasteiger partial charge >= 0.3 is 0 Å². The monoisotopic (exact) mass is 384 g/mol. The van der Waals surface area contributed by atoms with Crippen molar-refractivity contribution in [3.05, 3.63) is 40.6 Å². The van der Waals surface area contributed by atoms with Crippen molar-refractivity contribution in [3.63, 3.8) is 0 Å². The first-order chi connectivity index (χ1) is 13.0. The van der Waals surface area contributed by atoms with Crippen LogP contribution >= 0.6 is 11.3 Å². The first-order valence-corrected chi connectivity index (χ1v) is 8.90. The largest absolute Gasteiger partial charge is 0.496 e. The van der Waals surface area contributed by atoms with Gasteiger partial charge in [0.1, 0.15) is 12.3 Å². The van der Waals surface area contributed by atoms with E-state index in [0.29, 0.717) is 16.4 Å². The number of hydrogen-bond donors (Lipinski definition) is 1. The molecule has 9 nitrogen and oxygen atoms in total. The fourth-order valence-electron chi connectivity index (χ4n) is 2.80. The van der Waals surface area contributed by atoms with Crippen LogP contribution in [0.1, 0.15) is 5.56 Å². The molecule has 1 N–H and O–H groups in total. The van der Waals surface area contributed by atoms with Gasteiger partial charge in [0.05, 0.1) is 29.9 Å². The Bertz CT molecular complexity index is 1240. The summed E-state index contributed by atoms with van der Waals surface area (Å²) < 4.78 is 9.25. The maximum absolute atomic E-state index is 12.4. The summed E-state index contributed by atoms with van der Waals surface area (Å²) in [5.41, 5.74) is 2.42. The van der Waals surface area contributed by atoms with Gasteiger partial charge in [-0.25, -0.2) is 15.0 Å². The second-order valence-electron chi connectivity index (χ2n) is 6.03. The topological polar surface area (TPSA) is 104 Å². The third-order valence-electron chi connectivity index (χ3n) is 4.20. The Labute approximate surface area is 157 Å². The number of rotatable bonds is 4. The number of carbonyl (C=O) groups excluding carboxylic acids is 1. The molecule has 0 fully saturated rings. The molecule has 138 valence electrons. The van der Waals surface area contributed by atoms with Gasteiger partial charge in [-0.1, -0.05) is 11.3 Å². The molecular formula is C17H16N6O3S. The molecule has 27 heavy (non-hydrogen) atoms. The lowest BCUT2D eigenvalue weighted by Crippen LogP contribution is -2.20. The third kappa shape index (κ3) is 3.04. The van der Waals surface area contributed by atoms with Crippen LogP contribution in [0.3, 0.4) is 0 Å². The van der Waals surface area contributed by atoms with Crippen LogP contribution in [-0.4, -0.2) is 37.1 Å². The van der Waals surface area contributed by atoms with Gasteiger partial charge in [0.25, 0.3) is 5.56 Å². The number of carbonyl (C=O) groups is 1. The number of hydrogen-bond acceptors (Lipinski definition) is 7. The molecule has 0 aliphatic carbocycles. The normalized spacial score (nSPS) is 11.2. The van der Waals surface area contributed by atoms with Crippen LogP contribution in [0.25, 0.3) is 21.5 Å². The number of thiazole rings is 1. The fourth-order valence-corrected chi connectivity index (χ4v) is 3.76. The number of nitrogens with one attached hydrogen (secondary N) is 1. The van der Waals surface area contributed by atoms with Gasteiger partial charge < -0.3 is 14.6 Å². The lowest BCUT2D eigenvalue weighted by Gasteiger charge is -2.04. The lowest BCUT2D eigenvalue weighted by molar-refractivity contribution is -0.116. The minimum atomic E-state index is -0.257. The molecule has 0 spiro atoms. The summed E-state index contributed by atoms with van der Waals surface area (Å²) >= 11 is 1.40. The standard InChI is InChI=1S/C17H16N6O3S/c1-9-4-12-10(5-11(9)26-3)20-17(27-12)21-13(24)7-23-8-19-15-16(23)18-6-14(25)22(15)2/h4-6,8H,7H2,1-3H3,(H,20,21,24). The van der Waals surface area contributed by atoms with Gasteiger partial charge in [0, 0.05) is 13.1 Å². The molecule has 4 rings (SSSR count). The number of amides is 1. The summed E-state index contributed by atoms with van der Waals surface area (Å²) in [7, 11) is 3.23. The summed E-state index contributed by atoms with van der Waals surface area (Å²) in [6.45, 7) is 1.97. The van der Waals surface area contributed by atoms with Crippen molar-refractivity contribution in [3.8, 4) is 5.75 Å². The predicted octanol–water partition coefficient (Wildman–Crippen LogP) is 1.70. The summed E-state index contributed by atoms with van der Waals surface area (Å²) in [6.07, 6.45) is 2.70. The number of fused-ring (bicyclic) bond motifs is 2. The zero-order valence-electron chi connectivity index (χ0n) is 14.9. The van der Waals surface area contributed by atoms with E-state index in [2.05, 4.69) is 20.3 Å². The Hall–Kier alpha value is -3.27. The summed E-state index contributed by atoms with van der Waals surface area (Å²) in [5, 5.41) is 3.31. The minimum Gasteiger partial charge on any atom is -0.496 e. The number of nitrogens with zero attached hydrogens (tertiary/aromatic N) is 5. The van der Waals surface area contributed by atoms with E-state index in [1.54, 1.807) is 18.7 Å². The van der Waals surface area contributed by atoms with Crippen molar-refractivity contribution in [1.29, 1.82) is 0 Å². The predicted molar refractivity (Wildman–Crippen MR) is 102 cm³/mol. The zero-order valence-corrected chi connectivity index (χ0v) is 15.7.